The molecule has 0 aliphatic rings. The van der Waals surface area contributed by atoms with Crippen LogP contribution in [-0.2, 0) is 10.9 Å². The molecule has 0 N–H and O–H groups in total. The lowest BCUT2D eigenvalue weighted by molar-refractivity contribution is -0.469. The fraction of sp³-hybridized carbons (Fsp3) is 0.300. The van der Waals surface area contributed by atoms with E-state index < -0.39 is 32.5 Å². The number of benzene rings is 1. The summed E-state index contributed by atoms with van der Waals surface area (Å²) in [6.07, 6.45) is 0. The van der Waals surface area contributed by atoms with E-state index in [1.807, 2.05) is 0 Å². The number of carbonyl (C=O) groups excluding carboxylic acids is 1. The van der Waals surface area contributed by atoms with Crippen molar-refractivity contribution in [1.29, 1.82) is 0 Å². The van der Waals surface area contributed by atoms with Crippen molar-refractivity contribution >= 4 is 16.7 Å². The summed E-state index contributed by atoms with van der Waals surface area (Å²) in [6.45, 7) is 0. The maximum Gasteiger partial charge on any atom is 0.357 e. The van der Waals surface area contributed by atoms with Crippen molar-refractivity contribution in [2.24, 2.45) is 0 Å². The van der Waals surface area contributed by atoms with E-state index >= 15 is 0 Å². The minimum Gasteiger partial charge on any atom is -0.289 e. The third kappa shape index (κ3) is 4.91. The standard InChI is InChI=1S/C10H11N2O5S/c13-10(9-4-2-1-3-5-9)6-18(7-11(14)15)8-12(16)17/h1-5H,6-8H2/q+1. The fourth-order valence-corrected chi connectivity index (χ4v) is 2.72. The quantitative estimate of drug-likeness (QED) is 0.318. The van der Waals surface area contributed by atoms with E-state index in [-0.39, 0.29) is 11.5 Å². The van der Waals surface area contributed by atoms with E-state index in [9.17, 15) is 25.0 Å². The SMILES string of the molecule is O=C(C[S+](C[N+](=O)[O-])C[N+](=O)[O-])c1ccccc1. The Labute approximate surface area is 105 Å². The van der Waals surface area contributed by atoms with E-state index in [1.54, 1.807) is 30.3 Å². The second-order valence-corrected chi connectivity index (χ2v) is 5.50. The molecule has 0 amide bonds. The van der Waals surface area contributed by atoms with Gasteiger partial charge in [0, 0.05) is 5.56 Å². The van der Waals surface area contributed by atoms with Gasteiger partial charge in [-0.1, -0.05) is 30.3 Å². The lowest BCUT2D eigenvalue weighted by Crippen LogP contribution is -2.29. The van der Waals surface area contributed by atoms with Crippen molar-refractivity contribution in [1.82, 2.24) is 0 Å². The molecule has 1 rings (SSSR count). The average molecular weight is 271 g/mol. The van der Waals surface area contributed by atoms with Crippen LogP contribution in [0.25, 0.3) is 0 Å². The van der Waals surface area contributed by atoms with Crippen LogP contribution in [0.5, 0.6) is 0 Å². The van der Waals surface area contributed by atoms with Crippen LogP contribution in [0.2, 0.25) is 0 Å². The molecule has 0 aromatic heterocycles. The predicted molar refractivity (Wildman–Crippen MR) is 66.7 cm³/mol. The molecule has 0 aliphatic heterocycles. The number of hydrogen-bond donors (Lipinski definition) is 0. The largest absolute Gasteiger partial charge is 0.357 e. The summed E-state index contributed by atoms with van der Waals surface area (Å²) >= 11 is 0. The second-order valence-electron chi connectivity index (χ2n) is 3.47. The first-order chi connectivity index (χ1) is 8.49. The van der Waals surface area contributed by atoms with Gasteiger partial charge in [-0.05, 0) is 0 Å². The monoisotopic (exact) mass is 271 g/mol. The molecule has 1 aromatic carbocycles. The van der Waals surface area contributed by atoms with Gasteiger partial charge in [-0.2, -0.15) is 0 Å². The van der Waals surface area contributed by atoms with Gasteiger partial charge in [0.05, 0.1) is 9.85 Å². The minimum absolute atomic E-state index is 0.161. The van der Waals surface area contributed by atoms with Crippen LogP contribution in [0.1, 0.15) is 10.4 Å². The zero-order valence-electron chi connectivity index (χ0n) is 9.35. The number of ketones is 1. The third-order valence-corrected chi connectivity index (χ3v) is 3.83. The summed E-state index contributed by atoms with van der Waals surface area (Å²) in [7, 11) is -1.16. The molecule has 0 saturated carbocycles. The first-order valence-electron chi connectivity index (χ1n) is 4.95. The lowest BCUT2D eigenvalue weighted by atomic mass is 10.2. The van der Waals surface area contributed by atoms with E-state index in [1.165, 1.54) is 0 Å². The number of hydrogen-bond acceptors (Lipinski definition) is 5. The highest BCUT2D eigenvalue weighted by atomic mass is 32.2. The minimum atomic E-state index is -1.16. The normalized spacial score (nSPS) is 10.3. The molecule has 18 heavy (non-hydrogen) atoms. The van der Waals surface area contributed by atoms with Crippen LogP contribution in [0.15, 0.2) is 30.3 Å². The van der Waals surface area contributed by atoms with Crippen molar-refractivity contribution in [2.75, 3.05) is 17.5 Å². The number of nitro groups is 2. The highest BCUT2D eigenvalue weighted by Crippen LogP contribution is 2.06. The van der Waals surface area contributed by atoms with E-state index in [0.717, 1.165) is 0 Å². The number of carbonyl (C=O) groups is 1. The van der Waals surface area contributed by atoms with E-state index in [2.05, 4.69) is 0 Å². The highest BCUT2D eigenvalue weighted by Gasteiger charge is 2.33. The Morgan fingerprint density at radius 1 is 1.06 bits per heavy atom. The van der Waals surface area contributed by atoms with Crippen LogP contribution < -0.4 is 0 Å². The molecule has 0 fully saturated rings. The van der Waals surface area contributed by atoms with Gasteiger partial charge in [-0.3, -0.25) is 25.0 Å². The summed E-state index contributed by atoms with van der Waals surface area (Å²) in [6, 6.07) is 8.26. The van der Waals surface area contributed by atoms with Crippen molar-refractivity contribution in [3.8, 4) is 0 Å². The van der Waals surface area contributed by atoms with Crippen molar-refractivity contribution in [3.05, 3.63) is 56.1 Å². The topological polar surface area (TPSA) is 103 Å². The molecular weight excluding hydrogens is 260 g/mol. The van der Waals surface area contributed by atoms with Crippen LogP contribution in [0.3, 0.4) is 0 Å². The van der Waals surface area contributed by atoms with E-state index in [0.29, 0.717) is 5.56 Å². The van der Waals surface area contributed by atoms with Crippen LogP contribution >= 0.6 is 0 Å². The molecule has 0 unspecified atom stereocenters. The third-order valence-electron chi connectivity index (χ3n) is 2.01. The fourth-order valence-electron chi connectivity index (χ4n) is 1.32. The van der Waals surface area contributed by atoms with Gasteiger partial charge in [0.2, 0.25) is 5.78 Å². The number of nitrogens with zero attached hydrogens (tertiary/aromatic N) is 2. The first-order valence-corrected chi connectivity index (χ1v) is 6.68. The van der Waals surface area contributed by atoms with Gasteiger partial charge in [0.1, 0.15) is 10.9 Å². The summed E-state index contributed by atoms with van der Waals surface area (Å²) in [5.41, 5.74) is 0.418. The first kappa shape index (κ1) is 14.1. The summed E-state index contributed by atoms with van der Waals surface area (Å²) < 4.78 is 0. The molecule has 8 heteroatoms. The van der Waals surface area contributed by atoms with Crippen LogP contribution in [0.4, 0.5) is 0 Å². The van der Waals surface area contributed by atoms with Gasteiger partial charge in [-0.15, -0.1) is 0 Å². The average Bonchev–Trinajstić information content (AvgIpc) is 2.28. The molecule has 0 radical (unpaired) electrons. The Bertz CT molecular complexity index is 435. The van der Waals surface area contributed by atoms with Crippen molar-refractivity contribution < 1.29 is 14.6 Å². The molecule has 0 heterocycles. The van der Waals surface area contributed by atoms with Crippen molar-refractivity contribution in [2.45, 2.75) is 0 Å². The summed E-state index contributed by atoms with van der Waals surface area (Å²) in [5, 5.41) is 20.8. The maximum absolute atomic E-state index is 11.8. The summed E-state index contributed by atoms with van der Waals surface area (Å²) in [5.74, 6) is -1.55. The van der Waals surface area contributed by atoms with Gasteiger partial charge >= 0.3 is 11.8 Å². The molecule has 0 saturated heterocycles. The Morgan fingerprint density at radius 3 is 2.00 bits per heavy atom. The molecule has 0 atom stereocenters. The molecule has 96 valence electrons. The Morgan fingerprint density at radius 2 is 1.56 bits per heavy atom. The van der Waals surface area contributed by atoms with E-state index in [4.69, 9.17) is 0 Å². The number of rotatable bonds is 7. The smallest absolute Gasteiger partial charge is 0.289 e. The van der Waals surface area contributed by atoms with Gasteiger partial charge in [-0.25, -0.2) is 0 Å². The zero-order valence-corrected chi connectivity index (χ0v) is 10.2. The van der Waals surface area contributed by atoms with Gasteiger partial charge in [0.25, 0.3) is 0 Å². The Hall–Kier alpha value is -1.96. The molecule has 0 aliphatic carbocycles. The molecule has 7 nitrogen and oxygen atoms in total. The number of Topliss-reactive ketones (excluding diaryl/α,β-unsaturated/α-hetero) is 1. The maximum atomic E-state index is 11.8. The summed E-state index contributed by atoms with van der Waals surface area (Å²) in [4.78, 5) is 31.3. The van der Waals surface area contributed by atoms with Gasteiger partial charge < -0.3 is 0 Å². The molecule has 0 spiro atoms. The molecular formula is C10H11N2O5S+. The Kier molecular flexibility index (Phi) is 5.25. The van der Waals surface area contributed by atoms with Crippen molar-refractivity contribution in [3.63, 3.8) is 0 Å². The lowest BCUT2D eigenvalue weighted by Gasteiger charge is -2.00. The van der Waals surface area contributed by atoms with Gasteiger partial charge in [0.15, 0.2) is 5.75 Å². The Balaban J connectivity index is 2.68. The van der Waals surface area contributed by atoms with Crippen LogP contribution in [-0.4, -0.2) is 33.1 Å². The highest BCUT2D eigenvalue weighted by molar-refractivity contribution is 7.97. The zero-order chi connectivity index (χ0) is 13.5. The predicted octanol–water partition coefficient (Wildman–Crippen LogP) is 0.956. The van der Waals surface area contributed by atoms with Crippen LogP contribution in [0, 0.1) is 20.2 Å². The molecule has 1 aromatic rings. The molecule has 0 bridgehead atoms. The second kappa shape index (κ2) is 6.70.